The number of nitriles is 1. The lowest BCUT2D eigenvalue weighted by molar-refractivity contribution is 0.0953. The van der Waals surface area contributed by atoms with Gasteiger partial charge in [-0.2, -0.15) is 5.26 Å². The number of hydrogen-bond donors (Lipinski definition) is 0. The average molecular weight is 394 g/mol. The summed E-state index contributed by atoms with van der Waals surface area (Å²) in [6.07, 6.45) is 2.22. The van der Waals surface area contributed by atoms with Crippen LogP contribution in [0.2, 0.25) is 0 Å². The summed E-state index contributed by atoms with van der Waals surface area (Å²) in [4.78, 5) is 0. The van der Waals surface area contributed by atoms with Crippen LogP contribution < -0.4 is 0 Å². The second kappa shape index (κ2) is 8.55. The number of hydrogen-bond acceptors (Lipinski definition) is 5. The minimum absolute atomic E-state index is 0.143. The van der Waals surface area contributed by atoms with Crippen LogP contribution in [0.5, 0.6) is 0 Å². The van der Waals surface area contributed by atoms with E-state index in [1.54, 1.807) is 23.9 Å². The van der Waals surface area contributed by atoms with Crippen LogP contribution in [0, 0.1) is 17.1 Å². The lowest BCUT2D eigenvalue weighted by atomic mass is 10.2. The molecule has 2 aromatic carbocycles. The fraction of sp³-hybridized carbons (Fsp3) is 0.286. The Kier molecular flexibility index (Phi) is 5.70. The molecule has 3 aromatic rings. The molecule has 1 saturated heterocycles. The zero-order chi connectivity index (χ0) is 19.3. The molecular formula is C21H19FN4OS. The van der Waals surface area contributed by atoms with Crippen LogP contribution in [0.1, 0.15) is 24.0 Å². The molecule has 1 fully saturated rings. The second-order valence-corrected chi connectivity index (χ2v) is 7.60. The summed E-state index contributed by atoms with van der Waals surface area (Å²) in [5.74, 6) is 1.17. The minimum Gasteiger partial charge on any atom is -0.376 e. The maximum absolute atomic E-state index is 13.3. The third-order valence-electron chi connectivity index (χ3n) is 4.68. The van der Waals surface area contributed by atoms with E-state index in [4.69, 9.17) is 10.00 Å². The summed E-state index contributed by atoms with van der Waals surface area (Å²) in [5.41, 5.74) is 2.59. The first-order chi connectivity index (χ1) is 13.7. The number of thioether (sulfide) groups is 1. The Hall–Kier alpha value is -2.69. The van der Waals surface area contributed by atoms with Crippen molar-refractivity contribution in [3.8, 4) is 17.5 Å². The monoisotopic (exact) mass is 394 g/mol. The topological polar surface area (TPSA) is 63.7 Å². The number of ether oxygens (including phenoxy) is 1. The van der Waals surface area contributed by atoms with Gasteiger partial charge in [0.05, 0.1) is 24.3 Å². The number of benzene rings is 2. The highest BCUT2D eigenvalue weighted by molar-refractivity contribution is 7.98. The van der Waals surface area contributed by atoms with E-state index < -0.39 is 0 Å². The molecule has 4 rings (SSSR count). The number of rotatable bonds is 6. The molecular weight excluding hydrogens is 375 g/mol. The van der Waals surface area contributed by atoms with Crippen LogP contribution >= 0.6 is 11.8 Å². The molecule has 142 valence electrons. The van der Waals surface area contributed by atoms with Gasteiger partial charge in [-0.05, 0) is 54.8 Å². The molecule has 1 atom stereocenters. The van der Waals surface area contributed by atoms with Crippen LogP contribution in [0.3, 0.4) is 0 Å². The van der Waals surface area contributed by atoms with Crippen molar-refractivity contribution in [2.45, 2.75) is 36.4 Å². The molecule has 28 heavy (non-hydrogen) atoms. The van der Waals surface area contributed by atoms with Crippen LogP contribution in [0.4, 0.5) is 4.39 Å². The lowest BCUT2D eigenvalue weighted by Gasteiger charge is -2.14. The van der Waals surface area contributed by atoms with Crippen molar-refractivity contribution in [1.29, 1.82) is 5.26 Å². The molecule has 7 heteroatoms. The molecule has 0 radical (unpaired) electrons. The first-order valence-electron chi connectivity index (χ1n) is 9.15. The van der Waals surface area contributed by atoms with Gasteiger partial charge in [-0.15, -0.1) is 10.2 Å². The first kappa shape index (κ1) is 18.7. The van der Waals surface area contributed by atoms with Crippen molar-refractivity contribution >= 4 is 11.8 Å². The SMILES string of the molecule is N#Cc1ccc(CSc2nnc(-c3ccc(F)cc3)n2C[C@@H]2CCCO2)cc1. The minimum atomic E-state index is -0.274. The Labute approximate surface area is 167 Å². The highest BCUT2D eigenvalue weighted by Gasteiger charge is 2.21. The van der Waals surface area contributed by atoms with Crippen LogP contribution in [0.25, 0.3) is 11.4 Å². The Morgan fingerprint density at radius 1 is 1.14 bits per heavy atom. The fourth-order valence-electron chi connectivity index (χ4n) is 3.19. The van der Waals surface area contributed by atoms with Crippen LogP contribution in [-0.2, 0) is 17.0 Å². The van der Waals surface area contributed by atoms with Gasteiger partial charge >= 0.3 is 0 Å². The fourth-order valence-corrected chi connectivity index (χ4v) is 4.09. The van der Waals surface area contributed by atoms with E-state index in [-0.39, 0.29) is 11.9 Å². The molecule has 0 amide bonds. The maximum atomic E-state index is 13.3. The highest BCUT2D eigenvalue weighted by atomic mass is 32.2. The van der Waals surface area contributed by atoms with Crippen molar-refractivity contribution in [2.24, 2.45) is 0 Å². The Morgan fingerprint density at radius 3 is 2.61 bits per heavy atom. The van der Waals surface area contributed by atoms with Gasteiger partial charge in [0.25, 0.3) is 0 Å². The molecule has 1 aliphatic heterocycles. The molecule has 0 bridgehead atoms. The van der Waals surface area contributed by atoms with Gasteiger partial charge in [-0.25, -0.2) is 4.39 Å². The Bertz CT molecular complexity index is 973. The highest BCUT2D eigenvalue weighted by Crippen LogP contribution is 2.28. The van der Waals surface area contributed by atoms with Gasteiger partial charge in [0.2, 0.25) is 0 Å². The quantitative estimate of drug-likeness (QED) is 0.579. The zero-order valence-electron chi connectivity index (χ0n) is 15.2. The van der Waals surface area contributed by atoms with E-state index in [1.165, 1.54) is 12.1 Å². The average Bonchev–Trinajstić information content (AvgIpc) is 3.38. The van der Waals surface area contributed by atoms with Crippen molar-refractivity contribution in [3.05, 3.63) is 65.5 Å². The number of nitrogens with zero attached hydrogens (tertiary/aromatic N) is 4. The van der Waals surface area contributed by atoms with Crippen molar-refractivity contribution in [2.75, 3.05) is 6.61 Å². The standard InChI is InChI=1S/C21H19FN4OS/c22-18-9-7-17(8-10-18)20-24-25-21(26(20)13-19-2-1-11-27-19)28-14-16-5-3-15(12-23)4-6-16/h3-10,19H,1-2,11,13-14H2/t19-/m0/s1. The maximum Gasteiger partial charge on any atom is 0.191 e. The van der Waals surface area contributed by atoms with Gasteiger partial charge in [0.1, 0.15) is 5.82 Å². The third-order valence-corrected chi connectivity index (χ3v) is 5.72. The van der Waals surface area contributed by atoms with Crippen LogP contribution in [0.15, 0.2) is 53.7 Å². The van der Waals surface area contributed by atoms with E-state index in [2.05, 4.69) is 20.8 Å². The Balaban J connectivity index is 1.58. The van der Waals surface area contributed by atoms with Gasteiger partial charge in [0.15, 0.2) is 11.0 Å². The number of halogens is 1. The first-order valence-corrected chi connectivity index (χ1v) is 10.1. The van der Waals surface area contributed by atoms with Crippen molar-refractivity contribution < 1.29 is 9.13 Å². The van der Waals surface area contributed by atoms with Crippen LogP contribution in [-0.4, -0.2) is 27.5 Å². The molecule has 5 nitrogen and oxygen atoms in total. The summed E-state index contributed by atoms with van der Waals surface area (Å²) in [5, 5.41) is 18.5. The smallest absolute Gasteiger partial charge is 0.191 e. The summed E-state index contributed by atoms with van der Waals surface area (Å²) in [6.45, 7) is 1.46. The molecule has 1 aromatic heterocycles. The van der Waals surface area contributed by atoms with Gasteiger partial charge in [0, 0.05) is 17.9 Å². The van der Waals surface area contributed by atoms with E-state index in [9.17, 15) is 4.39 Å². The largest absolute Gasteiger partial charge is 0.376 e. The molecule has 0 unspecified atom stereocenters. The predicted octanol–water partition coefficient (Wildman–Crippen LogP) is 4.43. The summed E-state index contributed by atoms with van der Waals surface area (Å²) in [7, 11) is 0. The van der Waals surface area contributed by atoms with Crippen molar-refractivity contribution in [3.63, 3.8) is 0 Å². The normalized spacial score (nSPS) is 16.2. The number of aromatic nitrogens is 3. The molecule has 2 heterocycles. The zero-order valence-corrected chi connectivity index (χ0v) is 16.0. The van der Waals surface area contributed by atoms with E-state index in [0.717, 1.165) is 47.3 Å². The molecule has 0 aliphatic carbocycles. The van der Waals surface area contributed by atoms with E-state index in [1.807, 2.05) is 24.3 Å². The molecule has 0 spiro atoms. The van der Waals surface area contributed by atoms with Crippen molar-refractivity contribution in [1.82, 2.24) is 14.8 Å². The van der Waals surface area contributed by atoms with Gasteiger partial charge < -0.3 is 4.74 Å². The summed E-state index contributed by atoms with van der Waals surface area (Å²) >= 11 is 1.59. The molecule has 0 N–H and O–H groups in total. The van der Waals surface area contributed by atoms with E-state index in [0.29, 0.717) is 12.1 Å². The summed E-state index contributed by atoms with van der Waals surface area (Å²) < 4.78 is 21.2. The lowest BCUT2D eigenvalue weighted by Crippen LogP contribution is -2.16. The Morgan fingerprint density at radius 2 is 1.93 bits per heavy atom. The van der Waals surface area contributed by atoms with Gasteiger partial charge in [-0.1, -0.05) is 23.9 Å². The third kappa shape index (κ3) is 4.24. The second-order valence-electron chi connectivity index (χ2n) is 6.66. The predicted molar refractivity (Wildman–Crippen MR) is 105 cm³/mol. The van der Waals surface area contributed by atoms with Gasteiger partial charge in [-0.3, -0.25) is 4.57 Å². The van der Waals surface area contributed by atoms with E-state index >= 15 is 0 Å². The molecule has 0 saturated carbocycles. The molecule has 1 aliphatic rings. The summed E-state index contributed by atoms with van der Waals surface area (Å²) in [6, 6.07) is 16.0.